The number of likely N-dealkylation sites (N-methyl/N-ethyl adjacent to an activating group) is 1. The molecule has 0 aromatic heterocycles. The summed E-state index contributed by atoms with van der Waals surface area (Å²) >= 11 is 0. The van der Waals surface area contributed by atoms with Crippen LogP contribution in [-0.2, 0) is 5.41 Å². The fourth-order valence-corrected chi connectivity index (χ4v) is 7.36. The fraction of sp³-hybridized carbons (Fsp3) is 0.393. The highest BCUT2D eigenvalue weighted by Gasteiger charge is 2.70. The lowest BCUT2D eigenvalue weighted by atomic mass is 9.63. The Morgan fingerprint density at radius 2 is 1.94 bits per heavy atom. The SMILES string of the molecule is CN(C)c1ccc2c(c1)N(C)C1(C=Nc3ccc4ccccc4c3O1)C21CC2CCC1C2. The maximum Gasteiger partial charge on any atom is 0.229 e. The first-order valence-electron chi connectivity index (χ1n) is 11.9. The average Bonchev–Trinajstić information content (AvgIpc) is 3.49. The Morgan fingerprint density at radius 3 is 2.72 bits per heavy atom. The minimum absolute atomic E-state index is 0.0526. The van der Waals surface area contributed by atoms with Gasteiger partial charge in [-0.25, -0.2) is 0 Å². The minimum Gasteiger partial charge on any atom is -0.459 e. The molecule has 3 aromatic rings. The van der Waals surface area contributed by atoms with Crippen molar-refractivity contribution in [3.8, 4) is 5.75 Å². The molecule has 4 aliphatic rings. The lowest BCUT2D eigenvalue weighted by Crippen LogP contribution is -2.64. The zero-order chi connectivity index (χ0) is 21.7. The zero-order valence-corrected chi connectivity index (χ0v) is 19.0. The lowest BCUT2D eigenvalue weighted by Gasteiger charge is -2.50. The molecule has 0 N–H and O–H groups in total. The highest BCUT2D eigenvalue weighted by molar-refractivity contribution is 5.97. The van der Waals surface area contributed by atoms with Crippen molar-refractivity contribution in [2.45, 2.75) is 36.8 Å². The van der Waals surface area contributed by atoms with Crippen LogP contribution in [0, 0.1) is 11.8 Å². The van der Waals surface area contributed by atoms with Crippen molar-refractivity contribution >= 4 is 34.0 Å². The van der Waals surface area contributed by atoms with Gasteiger partial charge in [-0.05, 0) is 60.2 Å². The third-order valence-corrected chi connectivity index (χ3v) is 8.82. The fourth-order valence-electron chi connectivity index (χ4n) is 7.36. The van der Waals surface area contributed by atoms with Crippen molar-refractivity contribution in [1.29, 1.82) is 0 Å². The maximum atomic E-state index is 7.24. The van der Waals surface area contributed by atoms with Gasteiger partial charge in [0.2, 0.25) is 5.72 Å². The van der Waals surface area contributed by atoms with Crippen molar-refractivity contribution in [3.05, 3.63) is 60.2 Å². The first kappa shape index (κ1) is 18.6. The van der Waals surface area contributed by atoms with Crippen LogP contribution in [0.5, 0.6) is 5.75 Å². The molecule has 32 heavy (non-hydrogen) atoms. The highest BCUT2D eigenvalue weighted by Crippen LogP contribution is 2.68. The van der Waals surface area contributed by atoms with E-state index in [9.17, 15) is 0 Å². The second-order valence-electron chi connectivity index (χ2n) is 10.4. The Bertz CT molecular complexity index is 1300. The Labute approximate surface area is 189 Å². The number of aliphatic imine (C=N–C) groups is 1. The molecule has 4 atom stereocenters. The number of nitrogens with zero attached hydrogens (tertiary/aromatic N) is 3. The summed E-state index contributed by atoms with van der Waals surface area (Å²) in [6.07, 6.45) is 7.27. The Kier molecular flexibility index (Phi) is 3.51. The van der Waals surface area contributed by atoms with Gasteiger partial charge in [0.05, 0.1) is 11.6 Å². The molecule has 0 radical (unpaired) electrons. The van der Waals surface area contributed by atoms with E-state index >= 15 is 0 Å². The van der Waals surface area contributed by atoms with Gasteiger partial charge in [-0.3, -0.25) is 4.99 Å². The molecule has 7 rings (SSSR count). The third-order valence-electron chi connectivity index (χ3n) is 8.82. The van der Waals surface area contributed by atoms with Gasteiger partial charge in [-0.15, -0.1) is 0 Å². The Balaban J connectivity index is 1.48. The van der Waals surface area contributed by atoms with E-state index in [0.717, 1.165) is 22.7 Å². The first-order chi connectivity index (χ1) is 15.5. The monoisotopic (exact) mass is 423 g/mol. The second kappa shape index (κ2) is 6.06. The van der Waals surface area contributed by atoms with Crippen molar-refractivity contribution in [2.24, 2.45) is 16.8 Å². The summed E-state index contributed by atoms with van der Waals surface area (Å²) in [5, 5.41) is 2.35. The normalized spacial score (nSPS) is 31.4. The van der Waals surface area contributed by atoms with Crippen molar-refractivity contribution in [1.82, 2.24) is 0 Å². The zero-order valence-electron chi connectivity index (χ0n) is 19.0. The number of anilines is 2. The van der Waals surface area contributed by atoms with Gasteiger partial charge in [-0.2, -0.15) is 0 Å². The van der Waals surface area contributed by atoms with Gasteiger partial charge in [0, 0.05) is 37.9 Å². The van der Waals surface area contributed by atoms with E-state index in [0.29, 0.717) is 5.92 Å². The second-order valence-corrected chi connectivity index (χ2v) is 10.4. The van der Waals surface area contributed by atoms with Crippen LogP contribution in [0.4, 0.5) is 17.1 Å². The largest absolute Gasteiger partial charge is 0.459 e. The van der Waals surface area contributed by atoms with Crippen LogP contribution in [0.3, 0.4) is 0 Å². The Hall–Kier alpha value is -3.01. The van der Waals surface area contributed by atoms with Crippen molar-refractivity contribution in [3.63, 3.8) is 0 Å². The quantitative estimate of drug-likeness (QED) is 0.487. The number of benzene rings is 3. The van der Waals surface area contributed by atoms with E-state index in [1.807, 2.05) is 0 Å². The number of rotatable bonds is 1. The summed E-state index contributed by atoms with van der Waals surface area (Å²) in [6, 6.07) is 19.8. The molecular formula is C28H29N3O. The van der Waals surface area contributed by atoms with Crippen LogP contribution < -0.4 is 14.5 Å². The molecular weight excluding hydrogens is 394 g/mol. The standard InChI is InChI=1S/C28H29N3O/c1-30(2)21-11-12-23-25(15-21)31(3)28(27(23)16-18-8-10-20(27)14-18)17-29-24-13-9-19-6-4-5-7-22(19)26(24)32-28/h4-7,9,11-13,15,17-18,20H,8,10,14,16H2,1-3H3. The summed E-state index contributed by atoms with van der Waals surface area (Å²) in [7, 11) is 6.43. The molecule has 162 valence electrons. The Morgan fingerprint density at radius 1 is 1.06 bits per heavy atom. The summed E-state index contributed by atoms with van der Waals surface area (Å²) in [5.41, 5.74) is 4.27. The molecule has 2 aliphatic carbocycles. The van der Waals surface area contributed by atoms with Crippen LogP contribution >= 0.6 is 0 Å². The van der Waals surface area contributed by atoms with E-state index in [-0.39, 0.29) is 5.41 Å². The van der Waals surface area contributed by atoms with E-state index in [1.54, 1.807) is 0 Å². The van der Waals surface area contributed by atoms with Gasteiger partial charge in [-0.1, -0.05) is 42.8 Å². The van der Waals surface area contributed by atoms with Crippen LogP contribution in [0.25, 0.3) is 10.8 Å². The molecule has 2 fully saturated rings. The molecule has 2 saturated carbocycles. The predicted octanol–water partition coefficient (Wildman–Crippen LogP) is 5.90. The molecule has 2 spiro atoms. The van der Waals surface area contributed by atoms with Crippen molar-refractivity contribution in [2.75, 3.05) is 30.9 Å². The maximum absolute atomic E-state index is 7.24. The summed E-state index contributed by atoms with van der Waals surface area (Å²) < 4.78 is 7.24. The van der Waals surface area contributed by atoms with Crippen LogP contribution in [-0.4, -0.2) is 33.1 Å². The van der Waals surface area contributed by atoms with Crippen LogP contribution in [0.1, 0.15) is 31.2 Å². The smallest absolute Gasteiger partial charge is 0.229 e. The topological polar surface area (TPSA) is 28.1 Å². The van der Waals surface area contributed by atoms with Crippen LogP contribution in [0.2, 0.25) is 0 Å². The predicted molar refractivity (Wildman–Crippen MR) is 132 cm³/mol. The molecule has 2 bridgehead atoms. The lowest BCUT2D eigenvalue weighted by molar-refractivity contribution is 0.0303. The van der Waals surface area contributed by atoms with Gasteiger partial charge in [0.25, 0.3) is 0 Å². The summed E-state index contributed by atoms with van der Waals surface area (Å²) in [6.45, 7) is 0. The molecule has 0 amide bonds. The molecule has 3 aromatic carbocycles. The van der Waals surface area contributed by atoms with Crippen molar-refractivity contribution < 1.29 is 4.74 Å². The van der Waals surface area contributed by atoms with Gasteiger partial charge in [0.15, 0.2) is 5.75 Å². The molecule has 0 saturated heterocycles. The first-order valence-corrected chi connectivity index (χ1v) is 11.9. The summed E-state index contributed by atoms with van der Waals surface area (Å²) in [4.78, 5) is 9.65. The van der Waals surface area contributed by atoms with E-state index in [1.165, 1.54) is 48.0 Å². The minimum atomic E-state index is -0.586. The van der Waals surface area contributed by atoms with E-state index in [2.05, 4.69) is 91.8 Å². The van der Waals surface area contributed by atoms with E-state index in [4.69, 9.17) is 9.73 Å². The van der Waals surface area contributed by atoms with Crippen LogP contribution in [0.15, 0.2) is 59.6 Å². The molecule has 2 heterocycles. The molecule has 4 unspecified atom stereocenters. The average molecular weight is 424 g/mol. The molecule has 2 aliphatic heterocycles. The van der Waals surface area contributed by atoms with E-state index < -0.39 is 5.72 Å². The number of hydrogen-bond acceptors (Lipinski definition) is 4. The highest BCUT2D eigenvalue weighted by atomic mass is 16.5. The number of ether oxygens (including phenoxy) is 1. The summed E-state index contributed by atoms with van der Waals surface area (Å²) in [5.74, 6) is 2.35. The van der Waals surface area contributed by atoms with Gasteiger partial charge >= 0.3 is 0 Å². The van der Waals surface area contributed by atoms with Gasteiger partial charge < -0.3 is 14.5 Å². The number of hydrogen-bond donors (Lipinski definition) is 0. The third kappa shape index (κ3) is 2.06. The molecule has 4 nitrogen and oxygen atoms in total. The van der Waals surface area contributed by atoms with Gasteiger partial charge in [0.1, 0.15) is 5.69 Å². The molecule has 4 heteroatoms. The number of fused-ring (bicyclic) bond motifs is 9.